The van der Waals surface area contributed by atoms with Gasteiger partial charge in [0.15, 0.2) is 5.82 Å². The molecule has 26 heavy (non-hydrogen) atoms. The van der Waals surface area contributed by atoms with E-state index < -0.39 is 0 Å². The monoisotopic (exact) mass is 349 g/mol. The molecule has 1 fully saturated rings. The van der Waals surface area contributed by atoms with Crippen molar-refractivity contribution in [3.05, 3.63) is 66.4 Å². The maximum atomic E-state index is 12.5. The number of rotatable bonds is 7. The Hall–Kier alpha value is -3.22. The summed E-state index contributed by atoms with van der Waals surface area (Å²) < 4.78 is 7.40. The normalized spacial score (nSPS) is 13.4. The van der Waals surface area contributed by atoms with Gasteiger partial charge in [-0.25, -0.2) is 14.6 Å². The highest BCUT2D eigenvalue weighted by molar-refractivity contribution is 5.94. The van der Waals surface area contributed by atoms with Crippen LogP contribution in [0.25, 0.3) is 5.82 Å². The van der Waals surface area contributed by atoms with Crippen LogP contribution in [0.5, 0.6) is 5.75 Å². The van der Waals surface area contributed by atoms with Gasteiger partial charge in [0, 0.05) is 23.9 Å². The molecule has 2 heterocycles. The molecule has 1 N–H and O–H groups in total. The molecule has 1 amide bonds. The van der Waals surface area contributed by atoms with Crippen molar-refractivity contribution in [1.29, 1.82) is 0 Å². The second-order valence-corrected chi connectivity index (χ2v) is 6.29. The van der Waals surface area contributed by atoms with Crippen LogP contribution < -0.4 is 10.1 Å². The SMILES string of the molecule is O=C(NCc1ccccc1OCC1CC1)c1ccnc(-n2cncn2)c1. The molecular formula is C19H19N5O2. The third-order valence-corrected chi connectivity index (χ3v) is 4.24. The van der Waals surface area contributed by atoms with Crippen molar-refractivity contribution in [2.24, 2.45) is 5.92 Å². The summed E-state index contributed by atoms with van der Waals surface area (Å²) in [6.45, 7) is 1.15. The number of ether oxygens (including phenoxy) is 1. The predicted molar refractivity (Wildman–Crippen MR) is 95.0 cm³/mol. The van der Waals surface area contributed by atoms with E-state index in [0.717, 1.165) is 17.9 Å². The van der Waals surface area contributed by atoms with Crippen molar-refractivity contribution < 1.29 is 9.53 Å². The Labute approximate surface area is 151 Å². The minimum atomic E-state index is -0.175. The van der Waals surface area contributed by atoms with Crippen molar-refractivity contribution in [3.8, 4) is 11.6 Å². The average molecular weight is 349 g/mol. The maximum Gasteiger partial charge on any atom is 0.251 e. The van der Waals surface area contributed by atoms with Gasteiger partial charge in [-0.15, -0.1) is 0 Å². The molecule has 0 atom stereocenters. The molecule has 7 heteroatoms. The van der Waals surface area contributed by atoms with E-state index in [1.54, 1.807) is 18.3 Å². The minimum Gasteiger partial charge on any atom is -0.493 e. The van der Waals surface area contributed by atoms with Gasteiger partial charge in [-0.1, -0.05) is 18.2 Å². The topological polar surface area (TPSA) is 81.9 Å². The lowest BCUT2D eigenvalue weighted by Gasteiger charge is -2.12. The molecule has 0 unspecified atom stereocenters. The number of benzene rings is 1. The molecule has 132 valence electrons. The van der Waals surface area contributed by atoms with E-state index in [9.17, 15) is 4.79 Å². The van der Waals surface area contributed by atoms with Crippen molar-refractivity contribution in [2.75, 3.05) is 6.61 Å². The molecule has 4 rings (SSSR count). The summed E-state index contributed by atoms with van der Waals surface area (Å²) in [4.78, 5) is 20.6. The minimum absolute atomic E-state index is 0.175. The molecule has 1 aromatic carbocycles. The molecule has 1 aliphatic rings. The van der Waals surface area contributed by atoms with Crippen molar-refractivity contribution in [2.45, 2.75) is 19.4 Å². The first-order valence-corrected chi connectivity index (χ1v) is 8.59. The molecule has 1 saturated carbocycles. The Morgan fingerprint density at radius 1 is 1.27 bits per heavy atom. The second-order valence-electron chi connectivity index (χ2n) is 6.29. The van der Waals surface area contributed by atoms with Gasteiger partial charge in [-0.05, 0) is 37.0 Å². The van der Waals surface area contributed by atoms with Crippen LogP contribution in [-0.4, -0.2) is 32.3 Å². The summed E-state index contributed by atoms with van der Waals surface area (Å²) in [5.41, 5.74) is 1.48. The number of carbonyl (C=O) groups is 1. The zero-order chi connectivity index (χ0) is 17.8. The Morgan fingerprint density at radius 3 is 2.96 bits per heavy atom. The summed E-state index contributed by atoms with van der Waals surface area (Å²) in [5.74, 6) is 1.89. The van der Waals surface area contributed by atoms with Gasteiger partial charge in [0.05, 0.1) is 6.61 Å². The van der Waals surface area contributed by atoms with Crippen molar-refractivity contribution in [3.63, 3.8) is 0 Å². The van der Waals surface area contributed by atoms with Gasteiger partial charge in [0.1, 0.15) is 18.4 Å². The first-order chi connectivity index (χ1) is 12.8. The molecule has 0 spiro atoms. The summed E-state index contributed by atoms with van der Waals surface area (Å²) in [6.07, 6.45) is 7.03. The van der Waals surface area contributed by atoms with Gasteiger partial charge in [-0.3, -0.25) is 4.79 Å². The van der Waals surface area contributed by atoms with Crippen LogP contribution in [-0.2, 0) is 6.54 Å². The fraction of sp³-hybridized carbons (Fsp3) is 0.263. The van der Waals surface area contributed by atoms with E-state index in [-0.39, 0.29) is 5.91 Å². The van der Waals surface area contributed by atoms with Gasteiger partial charge >= 0.3 is 0 Å². The Balaban J connectivity index is 1.42. The fourth-order valence-corrected chi connectivity index (χ4v) is 2.57. The zero-order valence-corrected chi connectivity index (χ0v) is 14.2. The number of para-hydroxylation sites is 1. The maximum absolute atomic E-state index is 12.5. The summed E-state index contributed by atoms with van der Waals surface area (Å²) in [5, 5.41) is 6.97. The lowest BCUT2D eigenvalue weighted by Crippen LogP contribution is -2.23. The lowest BCUT2D eigenvalue weighted by molar-refractivity contribution is 0.0950. The molecule has 0 saturated heterocycles. The number of carbonyl (C=O) groups excluding carboxylic acids is 1. The standard InChI is InChI=1S/C19H19N5O2/c25-19(15-7-8-21-18(9-15)24-13-20-12-23-24)22-10-16-3-1-2-4-17(16)26-11-14-5-6-14/h1-4,7-9,12-14H,5-6,10-11H2,(H,22,25). The molecular weight excluding hydrogens is 330 g/mol. The number of hydrogen-bond acceptors (Lipinski definition) is 5. The molecule has 0 bridgehead atoms. The van der Waals surface area contributed by atoms with Crippen LogP contribution in [0.2, 0.25) is 0 Å². The van der Waals surface area contributed by atoms with E-state index in [0.29, 0.717) is 23.8 Å². The van der Waals surface area contributed by atoms with E-state index >= 15 is 0 Å². The number of nitrogens with zero attached hydrogens (tertiary/aromatic N) is 4. The smallest absolute Gasteiger partial charge is 0.251 e. The largest absolute Gasteiger partial charge is 0.493 e. The second kappa shape index (κ2) is 7.35. The number of nitrogens with one attached hydrogen (secondary N) is 1. The van der Waals surface area contributed by atoms with E-state index in [4.69, 9.17) is 4.74 Å². The number of amides is 1. The van der Waals surface area contributed by atoms with Crippen LogP contribution in [0, 0.1) is 5.92 Å². The molecule has 0 radical (unpaired) electrons. The Morgan fingerprint density at radius 2 is 2.15 bits per heavy atom. The van der Waals surface area contributed by atoms with E-state index in [1.807, 2.05) is 24.3 Å². The summed E-state index contributed by atoms with van der Waals surface area (Å²) in [7, 11) is 0. The first-order valence-electron chi connectivity index (χ1n) is 8.59. The van der Waals surface area contributed by atoms with E-state index in [2.05, 4.69) is 20.4 Å². The highest BCUT2D eigenvalue weighted by atomic mass is 16.5. The summed E-state index contributed by atoms with van der Waals surface area (Å²) >= 11 is 0. The molecule has 1 aliphatic carbocycles. The highest BCUT2D eigenvalue weighted by Crippen LogP contribution is 2.30. The van der Waals surface area contributed by atoms with E-state index in [1.165, 1.54) is 30.2 Å². The van der Waals surface area contributed by atoms with Gasteiger partial charge in [0.2, 0.25) is 0 Å². The third kappa shape index (κ3) is 3.88. The average Bonchev–Trinajstić information content (AvgIpc) is 3.35. The molecule has 2 aromatic heterocycles. The molecule has 3 aromatic rings. The van der Waals surface area contributed by atoms with Crippen LogP contribution in [0.4, 0.5) is 0 Å². The highest BCUT2D eigenvalue weighted by Gasteiger charge is 2.22. The van der Waals surface area contributed by atoms with Crippen LogP contribution in [0.3, 0.4) is 0 Å². The predicted octanol–water partition coefficient (Wildman–Crippen LogP) is 2.38. The summed E-state index contributed by atoms with van der Waals surface area (Å²) in [6, 6.07) is 11.2. The van der Waals surface area contributed by atoms with Crippen LogP contribution in [0.1, 0.15) is 28.8 Å². The van der Waals surface area contributed by atoms with Gasteiger partial charge in [0.25, 0.3) is 5.91 Å². The van der Waals surface area contributed by atoms with Crippen molar-refractivity contribution in [1.82, 2.24) is 25.1 Å². The Kier molecular flexibility index (Phi) is 4.59. The van der Waals surface area contributed by atoms with Crippen LogP contribution in [0.15, 0.2) is 55.2 Å². The number of hydrogen-bond donors (Lipinski definition) is 1. The number of aromatic nitrogens is 4. The third-order valence-electron chi connectivity index (χ3n) is 4.24. The zero-order valence-electron chi connectivity index (χ0n) is 14.2. The van der Waals surface area contributed by atoms with Crippen molar-refractivity contribution >= 4 is 5.91 Å². The van der Waals surface area contributed by atoms with Gasteiger partial charge in [-0.2, -0.15) is 5.10 Å². The number of pyridine rings is 1. The van der Waals surface area contributed by atoms with Gasteiger partial charge < -0.3 is 10.1 Å². The molecule has 0 aliphatic heterocycles. The molecule has 7 nitrogen and oxygen atoms in total. The first kappa shape index (κ1) is 16.3. The Bertz CT molecular complexity index is 890. The van der Waals surface area contributed by atoms with Crippen LogP contribution >= 0.6 is 0 Å². The fourth-order valence-electron chi connectivity index (χ4n) is 2.57. The quantitative estimate of drug-likeness (QED) is 0.708. The lowest BCUT2D eigenvalue weighted by atomic mass is 10.2.